The molecule has 0 N–H and O–H groups in total. The number of amides is 2. The van der Waals surface area contributed by atoms with E-state index in [1.807, 2.05) is 68.4 Å². The van der Waals surface area contributed by atoms with E-state index in [0.29, 0.717) is 0 Å². The number of carbonyl (C=O) groups excluding carboxylic acids is 2. The van der Waals surface area contributed by atoms with Gasteiger partial charge in [0.25, 0.3) is 0 Å². The van der Waals surface area contributed by atoms with Crippen molar-refractivity contribution in [3.63, 3.8) is 0 Å². The van der Waals surface area contributed by atoms with Crippen molar-refractivity contribution in [2.24, 2.45) is 11.8 Å². The molecule has 2 fully saturated rings. The Morgan fingerprint density at radius 1 is 0.645 bits per heavy atom. The van der Waals surface area contributed by atoms with Crippen LogP contribution in [0.15, 0.2) is 78.9 Å². The fourth-order valence-corrected chi connectivity index (χ4v) is 5.64. The third kappa shape index (κ3) is 3.20. The van der Waals surface area contributed by atoms with Crippen LogP contribution in [0.4, 0.5) is 5.69 Å². The highest BCUT2D eigenvalue weighted by molar-refractivity contribution is 6.23. The smallest absolute Gasteiger partial charge is 0.238 e. The van der Waals surface area contributed by atoms with E-state index in [2.05, 4.69) is 24.3 Å². The van der Waals surface area contributed by atoms with Gasteiger partial charge in [0, 0.05) is 0 Å². The molecule has 0 aromatic heterocycles. The maximum atomic E-state index is 13.9. The molecule has 0 radical (unpaired) electrons. The first-order valence-electron chi connectivity index (χ1n) is 11.1. The van der Waals surface area contributed by atoms with Crippen molar-refractivity contribution in [3.05, 3.63) is 101 Å². The predicted octanol–water partition coefficient (Wildman–Crippen LogP) is 5.77. The first kappa shape index (κ1) is 19.7. The number of nitrogens with zero attached hydrogens (tertiary/aromatic N) is 1. The number of fused-ring (bicyclic) bond motifs is 1. The second kappa shape index (κ2) is 7.81. The molecule has 3 aromatic rings. The largest absolute Gasteiger partial charge is 0.274 e. The molecule has 1 aliphatic heterocycles. The highest BCUT2D eigenvalue weighted by Crippen LogP contribution is 2.53. The molecule has 0 bridgehead atoms. The van der Waals surface area contributed by atoms with E-state index in [4.69, 9.17) is 0 Å². The summed E-state index contributed by atoms with van der Waals surface area (Å²) in [6.07, 6.45) is 1.81. The quantitative estimate of drug-likeness (QED) is 0.515. The summed E-state index contributed by atoms with van der Waals surface area (Å²) in [7, 11) is 0. The van der Waals surface area contributed by atoms with Crippen LogP contribution in [-0.2, 0) is 9.59 Å². The number of imide groups is 1. The highest BCUT2D eigenvalue weighted by atomic mass is 16.2. The van der Waals surface area contributed by atoms with Crippen LogP contribution in [0.3, 0.4) is 0 Å². The summed E-state index contributed by atoms with van der Waals surface area (Å²) in [4.78, 5) is 29.3. The van der Waals surface area contributed by atoms with Crippen molar-refractivity contribution < 1.29 is 9.59 Å². The molecular weight excluding hydrogens is 382 g/mol. The Balaban J connectivity index is 1.63. The molecule has 2 amide bonds. The zero-order chi connectivity index (χ0) is 21.5. The summed E-state index contributed by atoms with van der Waals surface area (Å²) in [5.41, 5.74) is 5.14. The monoisotopic (exact) mass is 409 g/mol. The average Bonchev–Trinajstić information content (AvgIpc) is 3.07. The molecule has 3 heteroatoms. The van der Waals surface area contributed by atoms with Gasteiger partial charge in [-0.3, -0.25) is 9.59 Å². The molecule has 156 valence electrons. The molecule has 4 atom stereocenters. The molecule has 1 aliphatic carbocycles. The number of carbonyl (C=O) groups is 2. The lowest BCUT2D eigenvalue weighted by Crippen LogP contribution is -2.34. The Hall–Kier alpha value is -3.20. The minimum atomic E-state index is -0.325. The molecule has 3 nitrogen and oxygen atoms in total. The van der Waals surface area contributed by atoms with Crippen molar-refractivity contribution in [2.75, 3.05) is 4.90 Å². The van der Waals surface area contributed by atoms with Gasteiger partial charge in [0.15, 0.2) is 0 Å². The third-order valence-corrected chi connectivity index (χ3v) is 7.33. The van der Waals surface area contributed by atoms with Gasteiger partial charge in [-0.15, -0.1) is 0 Å². The minimum absolute atomic E-state index is 0.0433. The average molecular weight is 410 g/mol. The van der Waals surface area contributed by atoms with Gasteiger partial charge in [-0.25, -0.2) is 4.90 Å². The number of hydrogen-bond donors (Lipinski definition) is 0. The van der Waals surface area contributed by atoms with Crippen LogP contribution in [0.1, 0.15) is 46.9 Å². The number of anilines is 1. The molecule has 0 spiro atoms. The Labute approximate surface area is 183 Å². The van der Waals surface area contributed by atoms with E-state index >= 15 is 0 Å². The van der Waals surface area contributed by atoms with E-state index in [9.17, 15) is 9.59 Å². The molecule has 1 saturated heterocycles. The lowest BCUT2D eigenvalue weighted by Gasteiger charge is -2.37. The summed E-state index contributed by atoms with van der Waals surface area (Å²) in [5, 5.41) is 0. The van der Waals surface area contributed by atoms with Crippen LogP contribution < -0.4 is 4.90 Å². The van der Waals surface area contributed by atoms with Gasteiger partial charge in [0.2, 0.25) is 11.8 Å². The second-order valence-electron chi connectivity index (χ2n) is 8.89. The van der Waals surface area contributed by atoms with Gasteiger partial charge >= 0.3 is 0 Å². The van der Waals surface area contributed by atoms with Gasteiger partial charge in [-0.05, 0) is 66.8 Å². The fourth-order valence-electron chi connectivity index (χ4n) is 5.64. The van der Waals surface area contributed by atoms with Gasteiger partial charge in [-0.1, -0.05) is 72.8 Å². The van der Waals surface area contributed by atoms with E-state index in [-0.39, 0.29) is 35.5 Å². The summed E-state index contributed by atoms with van der Waals surface area (Å²) in [5.74, 6) is -0.602. The number of rotatable bonds is 3. The Morgan fingerprint density at radius 3 is 1.61 bits per heavy atom. The normalized spacial score (nSPS) is 25.5. The standard InChI is InChI=1S/C28H27NO2/c1-18-10-9-15-24(19(18)2)29-27(30)25-22(20-11-5-3-6-12-20)16-17-23(26(25)28(29)31)21-13-7-4-8-14-21/h3-15,22-23,25-26H,16-17H2,1-2H3/t22-,23+,25-,26-/m0/s1. The second-order valence-corrected chi connectivity index (χ2v) is 8.89. The molecule has 1 heterocycles. The predicted molar refractivity (Wildman–Crippen MR) is 123 cm³/mol. The van der Waals surface area contributed by atoms with E-state index < -0.39 is 0 Å². The number of aryl methyl sites for hydroxylation is 1. The Morgan fingerprint density at radius 2 is 1.13 bits per heavy atom. The first-order chi connectivity index (χ1) is 15.1. The number of benzene rings is 3. The molecule has 31 heavy (non-hydrogen) atoms. The van der Waals surface area contributed by atoms with Crippen molar-refractivity contribution >= 4 is 17.5 Å². The van der Waals surface area contributed by atoms with E-state index in [1.54, 1.807) is 0 Å². The summed E-state index contributed by atoms with van der Waals surface area (Å²) in [6.45, 7) is 4.02. The lowest BCUT2D eigenvalue weighted by molar-refractivity contribution is -0.122. The van der Waals surface area contributed by atoms with Crippen LogP contribution in [0.2, 0.25) is 0 Å². The first-order valence-corrected chi connectivity index (χ1v) is 11.1. The van der Waals surface area contributed by atoms with Crippen molar-refractivity contribution in [2.45, 2.75) is 38.5 Å². The number of hydrogen-bond acceptors (Lipinski definition) is 2. The fraction of sp³-hybridized carbons (Fsp3) is 0.286. The zero-order valence-corrected chi connectivity index (χ0v) is 18.0. The van der Waals surface area contributed by atoms with Crippen molar-refractivity contribution in [1.82, 2.24) is 0 Å². The molecule has 0 unspecified atom stereocenters. The topological polar surface area (TPSA) is 37.4 Å². The van der Waals surface area contributed by atoms with Crippen LogP contribution >= 0.6 is 0 Å². The van der Waals surface area contributed by atoms with Crippen LogP contribution in [0.5, 0.6) is 0 Å². The minimum Gasteiger partial charge on any atom is -0.274 e. The summed E-state index contributed by atoms with van der Waals surface area (Å²) < 4.78 is 0. The summed E-state index contributed by atoms with van der Waals surface area (Å²) in [6, 6.07) is 26.4. The van der Waals surface area contributed by atoms with Crippen LogP contribution in [0, 0.1) is 25.7 Å². The Bertz CT molecular complexity index is 1060. The van der Waals surface area contributed by atoms with Gasteiger partial charge < -0.3 is 0 Å². The van der Waals surface area contributed by atoms with Crippen molar-refractivity contribution in [3.8, 4) is 0 Å². The molecule has 1 saturated carbocycles. The maximum Gasteiger partial charge on any atom is 0.238 e. The van der Waals surface area contributed by atoms with Crippen LogP contribution in [-0.4, -0.2) is 11.8 Å². The van der Waals surface area contributed by atoms with Crippen molar-refractivity contribution in [1.29, 1.82) is 0 Å². The molecule has 5 rings (SSSR count). The Kier molecular flexibility index (Phi) is 4.97. The van der Waals surface area contributed by atoms with E-state index in [1.165, 1.54) is 4.90 Å². The summed E-state index contributed by atoms with van der Waals surface area (Å²) >= 11 is 0. The van der Waals surface area contributed by atoms with E-state index in [0.717, 1.165) is 40.8 Å². The van der Waals surface area contributed by atoms with Gasteiger partial charge in [0.1, 0.15) is 0 Å². The SMILES string of the molecule is Cc1cccc(N2C(=O)[C@@H]3[C@@H](C2=O)[C@H](c2ccccc2)CC[C@@H]3c2ccccc2)c1C. The maximum absolute atomic E-state index is 13.9. The van der Waals surface area contributed by atoms with Gasteiger partial charge in [0.05, 0.1) is 17.5 Å². The van der Waals surface area contributed by atoms with Gasteiger partial charge in [-0.2, -0.15) is 0 Å². The van der Waals surface area contributed by atoms with Crippen LogP contribution in [0.25, 0.3) is 0 Å². The molecule has 2 aliphatic rings. The highest BCUT2D eigenvalue weighted by Gasteiger charge is 2.57. The third-order valence-electron chi connectivity index (χ3n) is 7.33. The molecule has 3 aromatic carbocycles. The zero-order valence-electron chi connectivity index (χ0n) is 18.0. The molecular formula is C28H27NO2. The lowest BCUT2D eigenvalue weighted by atomic mass is 9.64.